The van der Waals surface area contributed by atoms with Gasteiger partial charge in [-0.1, -0.05) is 12.1 Å². The van der Waals surface area contributed by atoms with Gasteiger partial charge in [0, 0.05) is 13.1 Å². The van der Waals surface area contributed by atoms with E-state index in [1.165, 1.54) is 12.1 Å². The number of hydrogen-bond acceptors (Lipinski definition) is 3. The lowest BCUT2D eigenvalue weighted by molar-refractivity contribution is -0.131. The van der Waals surface area contributed by atoms with Crippen LogP contribution in [-0.4, -0.2) is 38.9 Å². The van der Waals surface area contributed by atoms with E-state index < -0.39 is 0 Å². The molecule has 1 saturated heterocycles. The first-order valence-electron chi connectivity index (χ1n) is 7.10. The molecular weight excluding hydrogens is 271 g/mol. The molecule has 21 heavy (non-hydrogen) atoms. The van der Waals surface area contributed by atoms with Crippen molar-refractivity contribution in [1.29, 1.82) is 0 Å². The summed E-state index contributed by atoms with van der Waals surface area (Å²) in [4.78, 5) is 15.8. The minimum absolute atomic E-state index is 0.0912. The van der Waals surface area contributed by atoms with Crippen LogP contribution in [0.5, 0.6) is 0 Å². The van der Waals surface area contributed by atoms with Crippen LogP contribution in [0.2, 0.25) is 0 Å². The number of carbonyl (C=O) groups is 1. The third kappa shape index (κ3) is 3.26. The van der Waals surface area contributed by atoms with Crippen molar-refractivity contribution in [2.45, 2.75) is 25.3 Å². The largest absolute Gasteiger partial charge is 0.342 e. The normalized spacial score (nSPS) is 16.1. The third-order valence-corrected chi connectivity index (χ3v) is 3.85. The van der Waals surface area contributed by atoms with E-state index in [-0.39, 0.29) is 17.8 Å². The maximum Gasteiger partial charge on any atom is 0.226 e. The number of benzene rings is 1. The predicted molar refractivity (Wildman–Crippen MR) is 75.0 cm³/mol. The minimum atomic E-state index is -0.279. The van der Waals surface area contributed by atoms with Crippen LogP contribution in [0.1, 0.15) is 24.4 Å². The summed E-state index contributed by atoms with van der Waals surface area (Å²) in [5, 5.41) is 8.30. The highest BCUT2D eigenvalue weighted by Crippen LogP contribution is 2.21. The number of halogens is 1. The maximum atomic E-state index is 12.8. The number of hydrogen-bond donors (Lipinski definition) is 0. The molecule has 1 aliphatic rings. The Bertz CT molecular complexity index is 589. The molecule has 0 spiro atoms. The molecule has 2 aromatic rings. The fourth-order valence-corrected chi connectivity index (χ4v) is 2.65. The summed E-state index contributed by atoms with van der Waals surface area (Å²) in [5.74, 6) is -0.188. The molecule has 5 nitrogen and oxygen atoms in total. The Kier molecular flexibility index (Phi) is 3.94. The number of aromatic nitrogens is 3. The van der Waals surface area contributed by atoms with Crippen molar-refractivity contribution < 1.29 is 9.18 Å². The molecule has 1 amide bonds. The molecule has 3 rings (SSSR count). The van der Waals surface area contributed by atoms with Crippen molar-refractivity contribution in [3.05, 3.63) is 48.0 Å². The Labute approximate surface area is 122 Å². The van der Waals surface area contributed by atoms with Crippen LogP contribution in [0.15, 0.2) is 36.7 Å². The van der Waals surface area contributed by atoms with E-state index in [0.29, 0.717) is 19.5 Å². The molecule has 6 heteroatoms. The van der Waals surface area contributed by atoms with Crippen LogP contribution in [0.3, 0.4) is 0 Å². The molecule has 0 radical (unpaired) electrons. The second-order valence-electron chi connectivity index (χ2n) is 5.26. The number of nitrogens with zero attached hydrogens (tertiary/aromatic N) is 4. The number of rotatable bonds is 3. The smallest absolute Gasteiger partial charge is 0.226 e. The number of amides is 1. The SMILES string of the molecule is O=C(Cc1ccc(F)cc1)N1CCC(n2nccn2)CC1. The van der Waals surface area contributed by atoms with Gasteiger partial charge in [0.1, 0.15) is 5.82 Å². The van der Waals surface area contributed by atoms with E-state index in [9.17, 15) is 9.18 Å². The van der Waals surface area contributed by atoms with Crippen molar-refractivity contribution in [2.75, 3.05) is 13.1 Å². The van der Waals surface area contributed by atoms with Crippen molar-refractivity contribution >= 4 is 5.91 Å². The number of carbonyl (C=O) groups excluding carboxylic acids is 1. The Morgan fingerprint density at radius 3 is 2.38 bits per heavy atom. The Hall–Kier alpha value is -2.24. The summed E-state index contributed by atoms with van der Waals surface area (Å²) in [6.07, 6.45) is 5.40. The summed E-state index contributed by atoms with van der Waals surface area (Å²) in [7, 11) is 0. The van der Waals surface area contributed by atoms with Crippen LogP contribution < -0.4 is 0 Å². The summed E-state index contributed by atoms with van der Waals surface area (Å²) in [6, 6.07) is 6.37. The van der Waals surface area contributed by atoms with Gasteiger partial charge >= 0.3 is 0 Å². The van der Waals surface area contributed by atoms with Crippen molar-refractivity contribution in [3.8, 4) is 0 Å². The molecule has 0 atom stereocenters. The molecule has 0 N–H and O–H groups in total. The molecule has 2 heterocycles. The fraction of sp³-hybridized carbons (Fsp3) is 0.400. The van der Waals surface area contributed by atoms with E-state index in [4.69, 9.17) is 0 Å². The monoisotopic (exact) mass is 288 g/mol. The van der Waals surface area contributed by atoms with Crippen molar-refractivity contribution in [3.63, 3.8) is 0 Å². The fourth-order valence-electron chi connectivity index (χ4n) is 2.65. The zero-order valence-electron chi connectivity index (χ0n) is 11.7. The molecule has 1 aromatic heterocycles. The highest BCUT2D eigenvalue weighted by atomic mass is 19.1. The number of likely N-dealkylation sites (tertiary alicyclic amines) is 1. The van der Waals surface area contributed by atoms with Gasteiger partial charge in [-0.3, -0.25) is 4.79 Å². The van der Waals surface area contributed by atoms with E-state index in [0.717, 1.165) is 18.4 Å². The Balaban J connectivity index is 1.54. The molecule has 1 aromatic carbocycles. The lowest BCUT2D eigenvalue weighted by atomic mass is 10.0. The topological polar surface area (TPSA) is 51.0 Å². The molecule has 110 valence electrons. The highest BCUT2D eigenvalue weighted by Gasteiger charge is 2.24. The molecule has 0 unspecified atom stereocenters. The molecular formula is C15H17FN4O. The molecule has 1 aliphatic heterocycles. The third-order valence-electron chi connectivity index (χ3n) is 3.85. The average molecular weight is 288 g/mol. The zero-order valence-corrected chi connectivity index (χ0v) is 11.7. The standard InChI is InChI=1S/C15H17FN4O/c16-13-3-1-12(2-4-13)11-15(21)19-9-5-14(6-10-19)20-17-7-8-18-20/h1-4,7-8,14H,5-6,9-11H2. The molecule has 0 bridgehead atoms. The van der Waals surface area contributed by atoms with E-state index in [1.807, 2.05) is 4.90 Å². The van der Waals surface area contributed by atoms with Gasteiger partial charge in [0.25, 0.3) is 0 Å². The lowest BCUT2D eigenvalue weighted by Crippen LogP contribution is -2.40. The summed E-state index contributed by atoms with van der Waals surface area (Å²) in [5.41, 5.74) is 0.845. The predicted octanol–water partition coefficient (Wildman–Crippen LogP) is 1.82. The lowest BCUT2D eigenvalue weighted by Gasteiger charge is -2.31. The summed E-state index contributed by atoms with van der Waals surface area (Å²) < 4.78 is 12.8. The van der Waals surface area contributed by atoms with Gasteiger partial charge in [0.2, 0.25) is 5.91 Å². The van der Waals surface area contributed by atoms with Crippen LogP contribution in [0.4, 0.5) is 4.39 Å². The quantitative estimate of drug-likeness (QED) is 0.865. The van der Waals surface area contributed by atoms with E-state index in [1.54, 1.807) is 29.3 Å². The van der Waals surface area contributed by atoms with E-state index >= 15 is 0 Å². The molecule has 0 saturated carbocycles. The van der Waals surface area contributed by atoms with Gasteiger partial charge in [0.15, 0.2) is 0 Å². The zero-order chi connectivity index (χ0) is 14.7. The van der Waals surface area contributed by atoms with Gasteiger partial charge in [-0.15, -0.1) is 0 Å². The summed E-state index contributed by atoms with van der Waals surface area (Å²) in [6.45, 7) is 1.43. The van der Waals surface area contributed by atoms with E-state index in [2.05, 4.69) is 10.2 Å². The highest BCUT2D eigenvalue weighted by molar-refractivity contribution is 5.78. The first-order valence-corrected chi connectivity index (χ1v) is 7.10. The molecule has 1 fully saturated rings. The van der Waals surface area contributed by atoms with Gasteiger partial charge in [-0.2, -0.15) is 15.0 Å². The van der Waals surface area contributed by atoms with Crippen LogP contribution in [0.25, 0.3) is 0 Å². The first kappa shape index (κ1) is 13.7. The minimum Gasteiger partial charge on any atom is -0.342 e. The summed E-state index contributed by atoms with van der Waals surface area (Å²) >= 11 is 0. The van der Waals surface area contributed by atoms with Crippen LogP contribution in [-0.2, 0) is 11.2 Å². The second kappa shape index (κ2) is 6.03. The van der Waals surface area contributed by atoms with Crippen molar-refractivity contribution in [2.24, 2.45) is 0 Å². The van der Waals surface area contributed by atoms with Gasteiger partial charge in [0.05, 0.1) is 24.9 Å². The maximum absolute atomic E-state index is 12.8. The second-order valence-corrected chi connectivity index (χ2v) is 5.26. The van der Waals surface area contributed by atoms with Crippen molar-refractivity contribution in [1.82, 2.24) is 19.9 Å². The molecule has 0 aliphatic carbocycles. The first-order chi connectivity index (χ1) is 10.2. The number of piperidine rings is 1. The van der Waals surface area contributed by atoms with Crippen LogP contribution >= 0.6 is 0 Å². The average Bonchev–Trinajstić information content (AvgIpc) is 3.04. The van der Waals surface area contributed by atoms with Gasteiger partial charge < -0.3 is 4.90 Å². The van der Waals surface area contributed by atoms with Gasteiger partial charge in [-0.25, -0.2) is 4.39 Å². The Morgan fingerprint density at radius 2 is 1.76 bits per heavy atom. The van der Waals surface area contributed by atoms with Crippen LogP contribution in [0, 0.1) is 5.82 Å². The Morgan fingerprint density at radius 1 is 1.14 bits per heavy atom. The van der Waals surface area contributed by atoms with Gasteiger partial charge in [-0.05, 0) is 30.5 Å².